The van der Waals surface area contributed by atoms with Crippen LogP contribution in [0.3, 0.4) is 0 Å². The van der Waals surface area contributed by atoms with E-state index in [1.165, 1.54) is 6.33 Å². The van der Waals surface area contributed by atoms with Crippen molar-refractivity contribution in [3.8, 4) is 0 Å². The summed E-state index contributed by atoms with van der Waals surface area (Å²) in [6.45, 7) is 2.12. The van der Waals surface area contributed by atoms with E-state index in [9.17, 15) is 0 Å². The Kier molecular flexibility index (Phi) is 3.14. The van der Waals surface area contributed by atoms with Crippen LogP contribution in [0.15, 0.2) is 35.3 Å². The molecule has 0 amide bonds. The highest BCUT2D eigenvalue weighted by atomic mass is 16.3. The van der Waals surface area contributed by atoms with Crippen molar-refractivity contribution in [2.24, 2.45) is 0 Å². The molecule has 0 aliphatic rings. The van der Waals surface area contributed by atoms with E-state index in [2.05, 4.69) is 32.4 Å². The third-order valence-corrected chi connectivity index (χ3v) is 3.03. The van der Waals surface area contributed by atoms with Gasteiger partial charge in [0.25, 0.3) is 0 Å². The molecule has 0 aromatic carbocycles. The molecular formula is C13H15N5O. The number of fused-ring (bicyclic) bond motifs is 1. The molecule has 3 aromatic rings. The predicted octanol–water partition coefficient (Wildman–Crippen LogP) is 2.38. The fourth-order valence-electron chi connectivity index (χ4n) is 2.00. The van der Waals surface area contributed by atoms with E-state index in [1.54, 1.807) is 12.5 Å². The molecule has 6 nitrogen and oxygen atoms in total. The van der Waals surface area contributed by atoms with Crippen LogP contribution in [0.2, 0.25) is 0 Å². The molecule has 0 aliphatic heterocycles. The second-order valence-corrected chi connectivity index (χ2v) is 4.52. The van der Waals surface area contributed by atoms with E-state index >= 15 is 0 Å². The van der Waals surface area contributed by atoms with Crippen molar-refractivity contribution in [1.82, 2.24) is 20.2 Å². The molecule has 0 bridgehead atoms. The van der Waals surface area contributed by atoms with E-state index in [4.69, 9.17) is 4.42 Å². The Morgan fingerprint density at radius 3 is 3.21 bits per heavy atom. The third-order valence-electron chi connectivity index (χ3n) is 3.03. The van der Waals surface area contributed by atoms with Gasteiger partial charge in [0.1, 0.15) is 17.9 Å². The summed E-state index contributed by atoms with van der Waals surface area (Å²) in [5, 5.41) is 11.1. The zero-order chi connectivity index (χ0) is 13.1. The van der Waals surface area contributed by atoms with Gasteiger partial charge in [-0.2, -0.15) is 5.10 Å². The molecule has 3 aromatic heterocycles. The smallest absolute Gasteiger partial charge is 0.160 e. The van der Waals surface area contributed by atoms with E-state index in [0.29, 0.717) is 0 Å². The first-order chi connectivity index (χ1) is 9.33. The Labute approximate surface area is 110 Å². The standard InChI is InChI=1S/C13H15N5O/c1-9(4-5-10-3-2-6-19-10)17-12-11-7-16-18-13(11)15-8-14-12/h2-3,6-9H,4-5H2,1H3,(H2,14,15,16,17,18). The Morgan fingerprint density at radius 2 is 2.37 bits per heavy atom. The van der Waals surface area contributed by atoms with Crippen molar-refractivity contribution in [2.45, 2.75) is 25.8 Å². The summed E-state index contributed by atoms with van der Waals surface area (Å²) in [4.78, 5) is 8.37. The number of anilines is 1. The molecule has 1 atom stereocenters. The monoisotopic (exact) mass is 257 g/mol. The minimum absolute atomic E-state index is 0.290. The van der Waals surface area contributed by atoms with Crippen LogP contribution >= 0.6 is 0 Å². The molecule has 3 rings (SSSR count). The van der Waals surface area contributed by atoms with E-state index < -0.39 is 0 Å². The van der Waals surface area contributed by atoms with Gasteiger partial charge in [-0.05, 0) is 25.5 Å². The van der Waals surface area contributed by atoms with Gasteiger partial charge in [0.2, 0.25) is 0 Å². The summed E-state index contributed by atoms with van der Waals surface area (Å²) in [5.41, 5.74) is 0.746. The first kappa shape index (κ1) is 11.7. The third kappa shape index (κ3) is 2.57. The van der Waals surface area contributed by atoms with Gasteiger partial charge in [0.05, 0.1) is 17.8 Å². The van der Waals surface area contributed by atoms with Crippen LogP contribution in [-0.2, 0) is 6.42 Å². The summed E-state index contributed by atoms with van der Waals surface area (Å²) in [7, 11) is 0. The minimum Gasteiger partial charge on any atom is -0.469 e. The maximum absolute atomic E-state index is 5.32. The Morgan fingerprint density at radius 1 is 1.42 bits per heavy atom. The van der Waals surface area contributed by atoms with Gasteiger partial charge in [-0.15, -0.1) is 0 Å². The van der Waals surface area contributed by atoms with Crippen molar-refractivity contribution in [1.29, 1.82) is 0 Å². The number of nitrogens with zero attached hydrogens (tertiary/aromatic N) is 3. The van der Waals surface area contributed by atoms with Gasteiger partial charge in [-0.25, -0.2) is 9.97 Å². The van der Waals surface area contributed by atoms with E-state index in [0.717, 1.165) is 35.5 Å². The molecule has 98 valence electrons. The lowest BCUT2D eigenvalue weighted by molar-refractivity contribution is 0.495. The topological polar surface area (TPSA) is 79.6 Å². The summed E-state index contributed by atoms with van der Waals surface area (Å²) < 4.78 is 5.32. The van der Waals surface area contributed by atoms with Crippen LogP contribution in [-0.4, -0.2) is 26.2 Å². The summed E-state index contributed by atoms with van der Waals surface area (Å²) in [6.07, 6.45) is 6.84. The summed E-state index contributed by atoms with van der Waals surface area (Å²) >= 11 is 0. The normalized spacial score (nSPS) is 12.7. The maximum Gasteiger partial charge on any atom is 0.160 e. The SMILES string of the molecule is CC(CCc1ccco1)Nc1ncnc2[nH]ncc12. The number of furan rings is 1. The van der Waals surface area contributed by atoms with Crippen molar-refractivity contribution in [2.75, 3.05) is 5.32 Å². The Balaban J connectivity index is 1.65. The quantitative estimate of drug-likeness (QED) is 0.733. The average Bonchev–Trinajstić information content (AvgIpc) is 3.08. The summed E-state index contributed by atoms with van der Waals surface area (Å²) in [6, 6.07) is 4.19. The first-order valence-corrected chi connectivity index (χ1v) is 6.26. The largest absolute Gasteiger partial charge is 0.469 e. The van der Waals surface area contributed by atoms with Crippen LogP contribution in [0, 0.1) is 0 Å². The fourth-order valence-corrected chi connectivity index (χ4v) is 2.00. The average molecular weight is 257 g/mol. The molecule has 0 saturated carbocycles. The number of nitrogens with one attached hydrogen (secondary N) is 2. The molecule has 0 aliphatic carbocycles. The van der Waals surface area contributed by atoms with Gasteiger partial charge in [-0.3, -0.25) is 5.10 Å². The zero-order valence-electron chi connectivity index (χ0n) is 10.6. The number of aromatic amines is 1. The van der Waals surface area contributed by atoms with Crippen LogP contribution in [0.4, 0.5) is 5.82 Å². The van der Waals surface area contributed by atoms with Gasteiger partial charge in [-0.1, -0.05) is 0 Å². The van der Waals surface area contributed by atoms with E-state index in [-0.39, 0.29) is 6.04 Å². The molecule has 0 radical (unpaired) electrons. The molecule has 1 unspecified atom stereocenters. The number of hydrogen-bond acceptors (Lipinski definition) is 5. The van der Waals surface area contributed by atoms with Gasteiger partial charge >= 0.3 is 0 Å². The molecule has 19 heavy (non-hydrogen) atoms. The predicted molar refractivity (Wildman–Crippen MR) is 71.8 cm³/mol. The van der Waals surface area contributed by atoms with Crippen molar-refractivity contribution < 1.29 is 4.42 Å². The van der Waals surface area contributed by atoms with Gasteiger partial charge in [0, 0.05) is 12.5 Å². The van der Waals surface area contributed by atoms with Crippen LogP contribution < -0.4 is 5.32 Å². The molecule has 6 heteroatoms. The second-order valence-electron chi connectivity index (χ2n) is 4.52. The number of rotatable bonds is 5. The highest BCUT2D eigenvalue weighted by Gasteiger charge is 2.09. The lowest BCUT2D eigenvalue weighted by atomic mass is 10.1. The molecule has 2 N–H and O–H groups in total. The molecular weight excluding hydrogens is 242 g/mol. The number of hydrogen-bond donors (Lipinski definition) is 2. The Bertz CT molecular complexity index is 646. The van der Waals surface area contributed by atoms with Crippen molar-refractivity contribution in [3.63, 3.8) is 0 Å². The van der Waals surface area contributed by atoms with Gasteiger partial charge in [0.15, 0.2) is 5.65 Å². The van der Waals surface area contributed by atoms with Crippen LogP contribution in [0.1, 0.15) is 19.1 Å². The highest BCUT2D eigenvalue weighted by molar-refractivity contribution is 5.85. The number of aryl methyl sites for hydroxylation is 1. The molecule has 0 spiro atoms. The lowest BCUT2D eigenvalue weighted by Gasteiger charge is -2.13. The maximum atomic E-state index is 5.32. The zero-order valence-corrected chi connectivity index (χ0v) is 10.6. The highest BCUT2D eigenvalue weighted by Crippen LogP contribution is 2.18. The fraction of sp³-hybridized carbons (Fsp3) is 0.308. The van der Waals surface area contributed by atoms with Crippen LogP contribution in [0.5, 0.6) is 0 Å². The second kappa shape index (κ2) is 5.09. The summed E-state index contributed by atoms with van der Waals surface area (Å²) in [5.74, 6) is 1.82. The molecule has 0 fully saturated rings. The van der Waals surface area contributed by atoms with Crippen LogP contribution in [0.25, 0.3) is 11.0 Å². The lowest BCUT2D eigenvalue weighted by Crippen LogP contribution is -2.17. The molecule has 3 heterocycles. The first-order valence-electron chi connectivity index (χ1n) is 6.26. The van der Waals surface area contributed by atoms with E-state index in [1.807, 2.05) is 12.1 Å². The number of H-pyrrole nitrogens is 1. The number of aromatic nitrogens is 4. The Hall–Kier alpha value is -2.37. The van der Waals surface area contributed by atoms with Crippen molar-refractivity contribution in [3.05, 3.63) is 36.7 Å². The van der Waals surface area contributed by atoms with Crippen molar-refractivity contribution >= 4 is 16.9 Å². The minimum atomic E-state index is 0.290. The molecule has 0 saturated heterocycles. The van der Waals surface area contributed by atoms with Gasteiger partial charge < -0.3 is 9.73 Å².